The molecule has 0 aliphatic rings. The lowest BCUT2D eigenvalue weighted by Gasteiger charge is -2.34. The van der Waals surface area contributed by atoms with E-state index in [2.05, 4.69) is 26.8 Å². The first-order valence-electron chi connectivity index (χ1n) is 10.3. The van der Waals surface area contributed by atoms with E-state index in [1.54, 1.807) is 29.9 Å². The van der Waals surface area contributed by atoms with Crippen LogP contribution in [0.3, 0.4) is 0 Å². The molecule has 162 valence electrons. The zero-order valence-electron chi connectivity index (χ0n) is 18.2. The maximum Gasteiger partial charge on any atom is 0.280 e. The van der Waals surface area contributed by atoms with Crippen molar-refractivity contribution < 1.29 is 9.59 Å². The minimum atomic E-state index is -0.893. The summed E-state index contributed by atoms with van der Waals surface area (Å²) in [4.78, 5) is 32.7. The maximum atomic E-state index is 13.6. The largest absolute Gasteiger partial charge is 0.349 e. The highest BCUT2D eigenvalue weighted by molar-refractivity contribution is 7.03. The molecule has 7 nitrogen and oxygen atoms in total. The van der Waals surface area contributed by atoms with E-state index in [9.17, 15) is 9.59 Å². The smallest absolute Gasteiger partial charge is 0.280 e. The van der Waals surface area contributed by atoms with Gasteiger partial charge in [0.05, 0.1) is 0 Å². The van der Waals surface area contributed by atoms with Gasteiger partial charge in [-0.1, -0.05) is 30.5 Å². The molecule has 0 spiro atoms. The fourth-order valence-corrected chi connectivity index (χ4v) is 3.54. The van der Waals surface area contributed by atoms with Crippen LogP contribution >= 0.6 is 11.5 Å². The van der Waals surface area contributed by atoms with Crippen LogP contribution in [0.4, 0.5) is 5.69 Å². The van der Waals surface area contributed by atoms with Crippen molar-refractivity contribution in [3.05, 3.63) is 71.0 Å². The quantitative estimate of drug-likeness (QED) is 0.571. The molecule has 0 fully saturated rings. The van der Waals surface area contributed by atoms with E-state index < -0.39 is 11.6 Å². The SMILES string of the molecule is CCc1ccc(N(C(=O)c2csnn2)[C@H](C(=O)NC(C)(C)CC)c2ccncc2)cc1. The standard InChI is InChI=1S/C23H27N5O2S/c1-5-16-7-9-18(10-8-16)28(22(30)19-15-31-27-26-19)20(17-11-13-24-14-12-17)21(29)25-23(3,4)6-2/h7-15,20H,5-6H2,1-4H3,(H,25,29)/t20-/m0/s1. The Balaban J connectivity index is 2.13. The maximum absolute atomic E-state index is 13.6. The number of carbonyl (C=O) groups is 2. The van der Waals surface area contributed by atoms with Crippen LogP contribution in [0.2, 0.25) is 0 Å². The third kappa shape index (κ3) is 5.32. The van der Waals surface area contributed by atoms with Crippen LogP contribution in [0, 0.1) is 0 Å². The molecule has 0 unspecified atom stereocenters. The van der Waals surface area contributed by atoms with Gasteiger partial charge in [0.2, 0.25) is 5.91 Å². The Morgan fingerprint density at radius 1 is 1.10 bits per heavy atom. The second-order valence-electron chi connectivity index (χ2n) is 7.90. The molecule has 8 heteroatoms. The molecule has 1 atom stereocenters. The van der Waals surface area contributed by atoms with Crippen LogP contribution in [0.15, 0.2) is 54.2 Å². The molecule has 2 aromatic heterocycles. The molecule has 1 aromatic carbocycles. The lowest BCUT2D eigenvalue weighted by Crippen LogP contribution is -2.50. The number of carbonyl (C=O) groups excluding carboxylic acids is 2. The summed E-state index contributed by atoms with van der Waals surface area (Å²) in [5.74, 6) is -0.654. The highest BCUT2D eigenvalue weighted by atomic mass is 32.1. The van der Waals surface area contributed by atoms with Gasteiger partial charge >= 0.3 is 0 Å². The molecule has 0 saturated heterocycles. The highest BCUT2D eigenvalue weighted by Crippen LogP contribution is 2.30. The second-order valence-corrected chi connectivity index (χ2v) is 8.50. The summed E-state index contributed by atoms with van der Waals surface area (Å²) in [5.41, 5.74) is 2.19. The van der Waals surface area contributed by atoms with Crippen molar-refractivity contribution in [2.24, 2.45) is 0 Å². The number of hydrogen-bond donors (Lipinski definition) is 1. The average Bonchev–Trinajstić information content (AvgIpc) is 3.32. The molecule has 31 heavy (non-hydrogen) atoms. The van der Waals surface area contributed by atoms with Gasteiger partial charge < -0.3 is 5.32 Å². The zero-order chi connectivity index (χ0) is 22.4. The lowest BCUT2D eigenvalue weighted by molar-refractivity contribution is -0.124. The number of hydrogen-bond acceptors (Lipinski definition) is 6. The number of amides is 2. The number of benzene rings is 1. The summed E-state index contributed by atoms with van der Waals surface area (Å²) in [6.07, 6.45) is 4.86. The topological polar surface area (TPSA) is 88.1 Å². The van der Waals surface area contributed by atoms with Gasteiger partial charge in [-0.2, -0.15) is 0 Å². The van der Waals surface area contributed by atoms with Crippen LogP contribution < -0.4 is 10.2 Å². The Labute approximate surface area is 186 Å². The predicted octanol–water partition coefficient (Wildman–Crippen LogP) is 4.19. The molecular formula is C23H27N5O2S. The third-order valence-corrected chi connectivity index (χ3v) is 5.80. The van der Waals surface area contributed by atoms with Gasteiger partial charge in [-0.3, -0.25) is 19.5 Å². The van der Waals surface area contributed by atoms with Crippen molar-refractivity contribution in [3.63, 3.8) is 0 Å². The van der Waals surface area contributed by atoms with Gasteiger partial charge in [-0.15, -0.1) is 5.10 Å². The first kappa shape index (κ1) is 22.6. The summed E-state index contributed by atoms with van der Waals surface area (Å²) >= 11 is 1.10. The van der Waals surface area contributed by atoms with E-state index in [-0.39, 0.29) is 17.5 Å². The zero-order valence-corrected chi connectivity index (χ0v) is 19.0. The van der Waals surface area contributed by atoms with Crippen LogP contribution in [-0.4, -0.2) is 31.9 Å². The van der Waals surface area contributed by atoms with Crippen LogP contribution in [-0.2, 0) is 11.2 Å². The molecule has 1 N–H and O–H groups in total. The molecule has 2 amide bonds. The van der Waals surface area contributed by atoms with Gasteiger partial charge in [0.15, 0.2) is 5.69 Å². The molecule has 3 rings (SSSR count). The average molecular weight is 438 g/mol. The van der Waals surface area contributed by atoms with Crippen molar-refractivity contribution in [1.29, 1.82) is 0 Å². The first-order valence-corrected chi connectivity index (χ1v) is 11.1. The van der Waals surface area contributed by atoms with E-state index in [0.29, 0.717) is 11.3 Å². The number of nitrogens with zero attached hydrogens (tertiary/aromatic N) is 4. The van der Waals surface area contributed by atoms with Gasteiger partial charge in [0.1, 0.15) is 6.04 Å². The van der Waals surface area contributed by atoms with E-state index in [1.807, 2.05) is 45.0 Å². The molecular weight excluding hydrogens is 410 g/mol. The van der Waals surface area contributed by atoms with Gasteiger partial charge in [0.25, 0.3) is 5.91 Å². The van der Waals surface area contributed by atoms with Crippen molar-refractivity contribution >= 4 is 29.0 Å². The Hall–Kier alpha value is -3.13. The van der Waals surface area contributed by atoms with Crippen molar-refractivity contribution in [3.8, 4) is 0 Å². The molecule has 0 aliphatic heterocycles. The number of nitrogens with one attached hydrogen (secondary N) is 1. The number of pyridine rings is 1. The normalized spacial score (nSPS) is 12.3. The number of rotatable bonds is 8. The summed E-state index contributed by atoms with van der Waals surface area (Å²) < 4.78 is 3.83. The molecule has 0 saturated carbocycles. The Bertz CT molecular complexity index is 1000. The van der Waals surface area contributed by atoms with E-state index in [0.717, 1.165) is 29.9 Å². The minimum Gasteiger partial charge on any atom is -0.349 e. The summed E-state index contributed by atoms with van der Waals surface area (Å²) in [6, 6.07) is 10.3. The van der Waals surface area contributed by atoms with Gasteiger partial charge in [-0.25, -0.2) is 0 Å². The van der Waals surface area contributed by atoms with Crippen LogP contribution in [0.1, 0.15) is 61.8 Å². The van der Waals surface area contributed by atoms with Crippen LogP contribution in [0.25, 0.3) is 0 Å². The molecule has 0 radical (unpaired) electrons. The number of aryl methyl sites for hydroxylation is 1. The van der Waals surface area contributed by atoms with E-state index in [4.69, 9.17) is 0 Å². The number of anilines is 1. The lowest BCUT2D eigenvalue weighted by atomic mass is 9.98. The number of aromatic nitrogens is 3. The Morgan fingerprint density at radius 3 is 2.32 bits per heavy atom. The fourth-order valence-electron chi connectivity index (χ4n) is 3.11. The Morgan fingerprint density at radius 2 is 1.77 bits per heavy atom. The molecule has 0 bridgehead atoms. The van der Waals surface area contributed by atoms with Gasteiger partial charge in [0, 0.05) is 29.0 Å². The van der Waals surface area contributed by atoms with E-state index >= 15 is 0 Å². The summed E-state index contributed by atoms with van der Waals surface area (Å²) in [6.45, 7) is 8.00. The second kappa shape index (κ2) is 9.78. The van der Waals surface area contributed by atoms with Crippen molar-refractivity contribution in [2.75, 3.05) is 4.90 Å². The molecule has 2 heterocycles. The van der Waals surface area contributed by atoms with Crippen molar-refractivity contribution in [1.82, 2.24) is 19.9 Å². The van der Waals surface area contributed by atoms with E-state index in [1.165, 1.54) is 4.90 Å². The predicted molar refractivity (Wildman–Crippen MR) is 122 cm³/mol. The molecule has 3 aromatic rings. The summed E-state index contributed by atoms with van der Waals surface area (Å²) in [7, 11) is 0. The molecule has 0 aliphatic carbocycles. The van der Waals surface area contributed by atoms with Crippen LogP contribution in [0.5, 0.6) is 0 Å². The van der Waals surface area contributed by atoms with Gasteiger partial charge in [-0.05, 0) is 73.6 Å². The fraction of sp³-hybridized carbons (Fsp3) is 0.348. The minimum absolute atomic E-state index is 0.200. The summed E-state index contributed by atoms with van der Waals surface area (Å²) in [5, 5.41) is 8.64. The third-order valence-electron chi connectivity index (χ3n) is 5.29. The highest BCUT2D eigenvalue weighted by Gasteiger charge is 2.36. The first-order chi connectivity index (χ1) is 14.9. The monoisotopic (exact) mass is 437 g/mol. The van der Waals surface area contributed by atoms with Crippen molar-refractivity contribution in [2.45, 2.75) is 52.1 Å². The Kier molecular flexibility index (Phi) is 7.12.